The van der Waals surface area contributed by atoms with Crippen LogP contribution >= 0.6 is 0 Å². The molecule has 0 fully saturated rings. The number of amides is 2. The third-order valence-corrected chi connectivity index (χ3v) is 3.17. The van der Waals surface area contributed by atoms with Crippen LogP contribution < -0.4 is 5.32 Å². The predicted molar refractivity (Wildman–Crippen MR) is 87.4 cm³/mol. The van der Waals surface area contributed by atoms with Crippen LogP contribution in [0.2, 0.25) is 0 Å². The van der Waals surface area contributed by atoms with Gasteiger partial charge in [-0.3, -0.25) is 14.4 Å². The smallest absolute Gasteiger partial charge is 0.323 e. The summed E-state index contributed by atoms with van der Waals surface area (Å²) >= 11 is 0. The number of likely N-dealkylation sites (N-methyl/N-ethyl adjacent to an activating group) is 1. The molecule has 0 spiro atoms. The number of aliphatic carboxylic acids is 1. The SMILES string of the molecule is CCN(CC(=O)O)C(=O)c1ccc(C(=O)NCC(C)(C)C)cc1. The van der Waals surface area contributed by atoms with Crippen LogP contribution in [-0.2, 0) is 4.79 Å². The summed E-state index contributed by atoms with van der Waals surface area (Å²) in [5.41, 5.74) is 0.817. The average molecular weight is 320 g/mol. The summed E-state index contributed by atoms with van der Waals surface area (Å²) in [5, 5.41) is 11.6. The van der Waals surface area contributed by atoms with Gasteiger partial charge in [-0.1, -0.05) is 20.8 Å². The maximum absolute atomic E-state index is 12.2. The third-order valence-electron chi connectivity index (χ3n) is 3.17. The quantitative estimate of drug-likeness (QED) is 0.839. The van der Waals surface area contributed by atoms with Crippen LogP contribution in [0.1, 0.15) is 48.4 Å². The summed E-state index contributed by atoms with van der Waals surface area (Å²) in [7, 11) is 0. The van der Waals surface area contributed by atoms with Crippen LogP contribution in [0.3, 0.4) is 0 Å². The van der Waals surface area contributed by atoms with Gasteiger partial charge in [0.1, 0.15) is 6.54 Å². The van der Waals surface area contributed by atoms with E-state index in [0.29, 0.717) is 24.2 Å². The number of nitrogens with one attached hydrogen (secondary N) is 1. The molecule has 0 atom stereocenters. The van der Waals surface area contributed by atoms with E-state index < -0.39 is 5.97 Å². The van der Waals surface area contributed by atoms with Gasteiger partial charge in [0.25, 0.3) is 11.8 Å². The highest BCUT2D eigenvalue weighted by atomic mass is 16.4. The summed E-state index contributed by atoms with van der Waals surface area (Å²) in [6, 6.07) is 6.22. The molecule has 6 heteroatoms. The van der Waals surface area contributed by atoms with Crippen molar-refractivity contribution in [3.8, 4) is 0 Å². The Kier molecular flexibility index (Phi) is 6.30. The van der Waals surface area contributed by atoms with Gasteiger partial charge in [-0.15, -0.1) is 0 Å². The van der Waals surface area contributed by atoms with Gasteiger partial charge in [0, 0.05) is 24.2 Å². The molecule has 6 nitrogen and oxygen atoms in total. The second kappa shape index (κ2) is 7.76. The van der Waals surface area contributed by atoms with Crippen LogP contribution in [0, 0.1) is 5.41 Å². The first-order valence-electron chi connectivity index (χ1n) is 7.53. The van der Waals surface area contributed by atoms with Crippen molar-refractivity contribution in [3.05, 3.63) is 35.4 Å². The number of hydrogen-bond acceptors (Lipinski definition) is 3. The Bertz CT molecular complexity index is 573. The first-order valence-corrected chi connectivity index (χ1v) is 7.53. The maximum atomic E-state index is 12.2. The van der Waals surface area contributed by atoms with E-state index in [-0.39, 0.29) is 23.8 Å². The summed E-state index contributed by atoms with van der Waals surface area (Å²) in [4.78, 5) is 36.2. The lowest BCUT2D eigenvalue weighted by Gasteiger charge is -2.19. The number of carboxylic acids is 1. The molecular formula is C17H24N2O4. The lowest BCUT2D eigenvalue weighted by molar-refractivity contribution is -0.137. The van der Waals surface area contributed by atoms with Gasteiger partial charge < -0.3 is 15.3 Å². The standard InChI is InChI=1S/C17H24N2O4/c1-5-19(10-14(20)21)16(23)13-8-6-12(7-9-13)15(22)18-11-17(2,3)4/h6-9H,5,10-11H2,1-4H3,(H,18,22)(H,20,21). The molecule has 0 saturated heterocycles. The van der Waals surface area contributed by atoms with E-state index in [4.69, 9.17) is 5.11 Å². The molecule has 0 radical (unpaired) electrons. The normalized spacial score (nSPS) is 11.0. The minimum absolute atomic E-state index is 0.00989. The summed E-state index contributed by atoms with van der Waals surface area (Å²) < 4.78 is 0. The molecule has 0 bridgehead atoms. The molecule has 2 amide bonds. The number of carboxylic acid groups (broad SMARTS) is 1. The molecule has 1 aromatic carbocycles. The lowest BCUT2D eigenvalue weighted by atomic mass is 9.97. The van der Waals surface area contributed by atoms with Crippen molar-refractivity contribution in [2.75, 3.05) is 19.6 Å². The zero-order chi connectivity index (χ0) is 17.6. The first kappa shape index (κ1) is 18.7. The minimum atomic E-state index is -1.06. The van der Waals surface area contributed by atoms with E-state index in [0.717, 1.165) is 0 Å². The Hall–Kier alpha value is -2.37. The van der Waals surface area contributed by atoms with Crippen LogP contribution in [0.5, 0.6) is 0 Å². The van der Waals surface area contributed by atoms with Crippen molar-refractivity contribution < 1.29 is 19.5 Å². The van der Waals surface area contributed by atoms with Crippen LogP contribution in [0.25, 0.3) is 0 Å². The highest BCUT2D eigenvalue weighted by Gasteiger charge is 2.18. The number of hydrogen-bond donors (Lipinski definition) is 2. The molecule has 126 valence electrons. The Morgan fingerprint density at radius 2 is 1.61 bits per heavy atom. The number of rotatable bonds is 6. The zero-order valence-electron chi connectivity index (χ0n) is 14.0. The van der Waals surface area contributed by atoms with E-state index in [9.17, 15) is 14.4 Å². The number of benzene rings is 1. The number of carbonyl (C=O) groups is 3. The third kappa shape index (κ3) is 6.10. The van der Waals surface area contributed by atoms with Crippen molar-refractivity contribution in [1.82, 2.24) is 10.2 Å². The fraction of sp³-hybridized carbons (Fsp3) is 0.471. The molecule has 2 N–H and O–H groups in total. The van der Waals surface area contributed by atoms with E-state index in [1.807, 2.05) is 20.8 Å². The van der Waals surface area contributed by atoms with E-state index in [1.165, 1.54) is 4.90 Å². The van der Waals surface area contributed by atoms with Gasteiger partial charge in [0.2, 0.25) is 0 Å². The van der Waals surface area contributed by atoms with E-state index in [2.05, 4.69) is 5.32 Å². The highest BCUT2D eigenvalue weighted by molar-refractivity contribution is 5.98. The van der Waals surface area contributed by atoms with Gasteiger partial charge in [-0.2, -0.15) is 0 Å². The number of nitrogens with zero attached hydrogens (tertiary/aromatic N) is 1. The van der Waals surface area contributed by atoms with E-state index in [1.54, 1.807) is 31.2 Å². The van der Waals surface area contributed by atoms with Crippen LogP contribution in [-0.4, -0.2) is 47.4 Å². The number of carbonyl (C=O) groups excluding carboxylic acids is 2. The molecule has 0 heterocycles. The fourth-order valence-corrected chi connectivity index (χ4v) is 1.88. The average Bonchev–Trinajstić information content (AvgIpc) is 2.48. The zero-order valence-corrected chi connectivity index (χ0v) is 14.0. The summed E-state index contributed by atoms with van der Waals surface area (Å²) in [5.74, 6) is -1.62. The van der Waals surface area contributed by atoms with Crippen LogP contribution in [0.15, 0.2) is 24.3 Å². The van der Waals surface area contributed by atoms with Gasteiger partial charge in [-0.05, 0) is 36.6 Å². The van der Waals surface area contributed by atoms with Crippen molar-refractivity contribution in [3.63, 3.8) is 0 Å². The molecule has 0 aliphatic heterocycles. The lowest BCUT2D eigenvalue weighted by Crippen LogP contribution is -2.35. The van der Waals surface area contributed by atoms with E-state index >= 15 is 0 Å². The second-order valence-corrected chi connectivity index (χ2v) is 6.53. The molecule has 0 saturated carbocycles. The molecule has 0 unspecified atom stereocenters. The molecule has 0 aromatic heterocycles. The molecule has 0 aliphatic carbocycles. The fourth-order valence-electron chi connectivity index (χ4n) is 1.88. The van der Waals surface area contributed by atoms with Crippen molar-refractivity contribution in [1.29, 1.82) is 0 Å². The maximum Gasteiger partial charge on any atom is 0.323 e. The Morgan fingerprint density at radius 1 is 1.09 bits per heavy atom. The molecule has 1 aromatic rings. The first-order chi connectivity index (χ1) is 10.6. The van der Waals surface area contributed by atoms with Gasteiger partial charge in [0.05, 0.1) is 0 Å². The topological polar surface area (TPSA) is 86.7 Å². The predicted octanol–water partition coefficient (Wildman–Crippen LogP) is 2.01. The highest BCUT2D eigenvalue weighted by Crippen LogP contribution is 2.12. The van der Waals surface area contributed by atoms with Gasteiger partial charge in [0.15, 0.2) is 0 Å². The Labute approximate surface area is 136 Å². The van der Waals surface area contributed by atoms with Gasteiger partial charge in [-0.25, -0.2) is 0 Å². The largest absolute Gasteiger partial charge is 0.480 e. The minimum Gasteiger partial charge on any atom is -0.480 e. The summed E-state index contributed by atoms with van der Waals surface area (Å²) in [6.45, 7) is 8.30. The van der Waals surface area contributed by atoms with Crippen molar-refractivity contribution in [2.24, 2.45) is 5.41 Å². The Morgan fingerprint density at radius 3 is 2.04 bits per heavy atom. The Balaban J connectivity index is 2.77. The van der Waals surface area contributed by atoms with Crippen molar-refractivity contribution >= 4 is 17.8 Å². The van der Waals surface area contributed by atoms with Crippen molar-refractivity contribution in [2.45, 2.75) is 27.7 Å². The molecular weight excluding hydrogens is 296 g/mol. The van der Waals surface area contributed by atoms with Crippen LogP contribution in [0.4, 0.5) is 0 Å². The molecule has 0 aliphatic rings. The van der Waals surface area contributed by atoms with Gasteiger partial charge >= 0.3 is 5.97 Å². The second-order valence-electron chi connectivity index (χ2n) is 6.53. The molecule has 23 heavy (non-hydrogen) atoms. The summed E-state index contributed by atoms with van der Waals surface area (Å²) in [6.07, 6.45) is 0. The molecule has 1 rings (SSSR count). The monoisotopic (exact) mass is 320 g/mol.